The Morgan fingerprint density at radius 2 is 1.82 bits per heavy atom. The van der Waals surface area contributed by atoms with Crippen molar-refractivity contribution in [3.63, 3.8) is 0 Å². The zero-order chi connectivity index (χ0) is 22.9. The number of piperidine rings is 1. The van der Waals surface area contributed by atoms with E-state index in [1.54, 1.807) is 0 Å². The first kappa shape index (κ1) is 21.2. The minimum Gasteiger partial charge on any atom is -0.392 e. The number of hydrogen-bond acceptors (Lipinski definition) is 5. The molecule has 4 aromatic rings. The van der Waals surface area contributed by atoms with E-state index in [4.69, 9.17) is 4.98 Å². The van der Waals surface area contributed by atoms with E-state index in [1.165, 1.54) is 0 Å². The monoisotopic (exact) mass is 437 g/mol. The number of nitriles is 1. The molecule has 0 spiro atoms. The van der Waals surface area contributed by atoms with E-state index in [-0.39, 0.29) is 6.61 Å². The van der Waals surface area contributed by atoms with Gasteiger partial charge in [0, 0.05) is 36.6 Å². The predicted molar refractivity (Wildman–Crippen MR) is 130 cm³/mol. The molecule has 6 heteroatoms. The summed E-state index contributed by atoms with van der Waals surface area (Å²) in [6.07, 6.45) is 6.08. The molecule has 6 nitrogen and oxygen atoms in total. The molecule has 3 heterocycles. The zero-order valence-electron chi connectivity index (χ0n) is 19.0. The lowest BCUT2D eigenvalue weighted by atomic mass is 9.98. The van der Waals surface area contributed by atoms with E-state index in [9.17, 15) is 10.4 Å². The molecule has 1 fully saturated rings. The summed E-state index contributed by atoms with van der Waals surface area (Å²) in [5.74, 6) is 1.61. The van der Waals surface area contributed by atoms with Crippen LogP contribution in [0, 0.1) is 24.2 Å². The van der Waals surface area contributed by atoms with Crippen molar-refractivity contribution in [1.29, 1.82) is 5.26 Å². The number of fused-ring (bicyclic) bond motifs is 1. The van der Waals surface area contributed by atoms with Gasteiger partial charge in [-0.15, -0.1) is 0 Å². The van der Waals surface area contributed by atoms with Gasteiger partial charge < -0.3 is 10.0 Å². The largest absolute Gasteiger partial charge is 0.392 e. The number of aromatic nitrogens is 3. The van der Waals surface area contributed by atoms with Crippen LogP contribution in [0.2, 0.25) is 0 Å². The molecule has 1 N–H and O–H groups in total. The topological polar surface area (TPSA) is 77.5 Å². The van der Waals surface area contributed by atoms with E-state index in [2.05, 4.69) is 33.3 Å². The van der Waals surface area contributed by atoms with Gasteiger partial charge in [-0.1, -0.05) is 31.2 Å². The van der Waals surface area contributed by atoms with E-state index in [1.807, 2.05) is 55.7 Å². The highest BCUT2D eigenvalue weighted by Gasteiger charge is 2.24. The third kappa shape index (κ3) is 3.85. The number of rotatable bonds is 4. The molecule has 0 radical (unpaired) electrons. The Labute approximate surface area is 193 Å². The van der Waals surface area contributed by atoms with Gasteiger partial charge in [0.05, 0.1) is 29.6 Å². The summed E-state index contributed by atoms with van der Waals surface area (Å²) < 4.78 is 2.11. The summed E-state index contributed by atoms with van der Waals surface area (Å²) in [5.41, 5.74) is 7.07. The van der Waals surface area contributed by atoms with Gasteiger partial charge in [-0.05, 0) is 55.0 Å². The Morgan fingerprint density at radius 1 is 1.09 bits per heavy atom. The van der Waals surface area contributed by atoms with E-state index < -0.39 is 0 Å². The molecule has 1 aliphatic rings. The van der Waals surface area contributed by atoms with Crippen molar-refractivity contribution in [2.24, 2.45) is 5.92 Å². The molecule has 33 heavy (non-hydrogen) atoms. The van der Waals surface area contributed by atoms with E-state index in [0.717, 1.165) is 77.0 Å². The molecule has 0 atom stereocenters. The van der Waals surface area contributed by atoms with Gasteiger partial charge in [-0.2, -0.15) is 5.26 Å². The maximum atomic E-state index is 9.87. The maximum Gasteiger partial charge on any atom is 0.180 e. The Morgan fingerprint density at radius 3 is 2.52 bits per heavy atom. The third-order valence-electron chi connectivity index (χ3n) is 6.69. The number of benzene rings is 2. The van der Waals surface area contributed by atoms with Crippen LogP contribution in [-0.2, 0) is 6.61 Å². The van der Waals surface area contributed by atoms with Crippen molar-refractivity contribution in [3.05, 3.63) is 71.5 Å². The summed E-state index contributed by atoms with van der Waals surface area (Å²) in [6, 6.07) is 15.9. The summed E-state index contributed by atoms with van der Waals surface area (Å²) in [5, 5.41) is 19.1. The lowest BCUT2D eigenvalue weighted by Crippen LogP contribution is -2.34. The highest BCUT2D eigenvalue weighted by Crippen LogP contribution is 2.36. The molecule has 166 valence electrons. The molecule has 1 saturated heterocycles. The SMILES string of the molecule is Cc1ccc(-c2c(-c3ccc(C#N)cc3)nc(N3CCC(C)CC3)c3nccn23)cc1CO. The number of nitrogens with zero attached hydrogens (tertiary/aromatic N) is 5. The number of aliphatic hydroxyl groups excluding tert-OH is 1. The lowest BCUT2D eigenvalue weighted by Gasteiger charge is -2.32. The molecular formula is C27H27N5O. The zero-order valence-corrected chi connectivity index (χ0v) is 19.0. The minimum absolute atomic E-state index is 0.0174. The average molecular weight is 438 g/mol. The standard InChI is InChI=1S/C27H27N5O/c1-18-9-12-31(13-10-18)27-26-29-11-14-32(26)25(22-6-3-19(2)23(15-22)17-33)24(30-27)21-7-4-20(16-28)5-8-21/h3-8,11,14-15,18,33H,9-10,12-13,17H2,1-2H3. The van der Waals surface area contributed by atoms with Gasteiger partial charge in [-0.3, -0.25) is 4.40 Å². The Bertz CT molecular complexity index is 1340. The molecule has 2 aromatic heterocycles. The minimum atomic E-state index is -0.0174. The van der Waals surface area contributed by atoms with Gasteiger partial charge in [0.1, 0.15) is 0 Å². The second-order valence-electron chi connectivity index (χ2n) is 8.91. The third-order valence-corrected chi connectivity index (χ3v) is 6.69. The molecular weight excluding hydrogens is 410 g/mol. The normalized spacial score (nSPS) is 14.5. The first-order valence-electron chi connectivity index (χ1n) is 11.4. The first-order valence-corrected chi connectivity index (χ1v) is 11.4. The van der Waals surface area contributed by atoms with Crippen molar-refractivity contribution in [2.45, 2.75) is 33.3 Å². The first-order chi connectivity index (χ1) is 16.1. The maximum absolute atomic E-state index is 9.87. The highest BCUT2D eigenvalue weighted by molar-refractivity contribution is 5.84. The van der Waals surface area contributed by atoms with Gasteiger partial charge >= 0.3 is 0 Å². The second kappa shape index (κ2) is 8.68. The fourth-order valence-corrected chi connectivity index (χ4v) is 4.57. The van der Waals surface area contributed by atoms with Crippen LogP contribution in [0.4, 0.5) is 5.82 Å². The van der Waals surface area contributed by atoms with Crippen molar-refractivity contribution < 1.29 is 5.11 Å². The average Bonchev–Trinajstić information content (AvgIpc) is 3.34. The number of anilines is 1. The predicted octanol–water partition coefficient (Wildman–Crippen LogP) is 4.97. The van der Waals surface area contributed by atoms with Crippen molar-refractivity contribution in [1.82, 2.24) is 14.4 Å². The fourth-order valence-electron chi connectivity index (χ4n) is 4.57. The van der Waals surface area contributed by atoms with Gasteiger partial charge in [0.2, 0.25) is 0 Å². The Hall–Kier alpha value is -3.69. The quantitative estimate of drug-likeness (QED) is 0.488. The van der Waals surface area contributed by atoms with Crippen molar-refractivity contribution in [2.75, 3.05) is 18.0 Å². The summed E-state index contributed by atoms with van der Waals surface area (Å²) in [6.45, 7) is 6.21. The van der Waals surface area contributed by atoms with Crippen LogP contribution < -0.4 is 4.90 Å². The molecule has 1 aliphatic heterocycles. The Kier molecular flexibility index (Phi) is 5.57. The van der Waals surface area contributed by atoms with Crippen molar-refractivity contribution in [3.8, 4) is 28.6 Å². The van der Waals surface area contributed by atoms with Crippen molar-refractivity contribution >= 4 is 11.5 Å². The van der Waals surface area contributed by atoms with E-state index in [0.29, 0.717) is 5.56 Å². The second-order valence-corrected chi connectivity index (χ2v) is 8.91. The molecule has 0 unspecified atom stereocenters. The van der Waals surface area contributed by atoms with Gasteiger partial charge in [0.25, 0.3) is 0 Å². The fraction of sp³-hybridized carbons (Fsp3) is 0.296. The molecule has 5 rings (SSSR count). The number of imidazole rings is 1. The number of aryl methyl sites for hydroxylation is 1. The molecule has 2 aromatic carbocycles. The van der Waals surface area contributed by atoms with Crippen LogP contribution in [0.1, 0.15) is 36.5 Å². The molecule has 0 bridgehead atoms. The smallest absolute Gasteiger partial charge is 0.180 e. The number of aliphatic hydroxyl groups is 1. The summed E-state index contributed by atoms with van der Waals surface area (Å²) in [7, 11) is 0. The van der Waals surface area contributed by atoms with Crippen LogP contribution in [0.3, 0.4) is 0 Å². The van der Waals surface area contributed by atoms with Gasteiger partial charge in [-0.25, -0.2) is 9.97 Å². The summed E-state index contributed by atoms with van der Waals surface area (Å²) >= 11 is 0. The highest BCUT2D eigenvalue weighted by atomic mass is 16.3. The summed E-state index contributed by atoms with van der Waals surface area (Å²) in [4.78, 5) is 12.2. The van der Waals surface area contributed by atoms with Gasteiger partial charge in [0.15, 0.2) is 11.5 Å². The van der Waals surface area contributed by atoms with Crippen LogP contribution >= 0.6 is 0 Å². The van der Waals surface area contributed by atoms with E-state index >= 15 is 0 Å². The molecule has 0 amide bonds. The number of hydrogen-bond donors (Lipinski definition) is 1. The van der Waals surface area contributed by atoms with Crippen LogP contribution in [0.15, 0.2) is 54.9 Å². The molecule has 0 aliphatic carbocycles. The van der Waals surface area contributed by atoms with Crippen LogP contribution in [-0.4, -0.2) is 32.6 Å². The lowest BCUT2D eigenvalue weighted by molar-refractivity contribution is 0.281. The van der Waals surface area contributed by atoms with Crippen LogP contribution in [0.25, 0.3) is 28.2 Å². The van der Waals surface area contributed by atoms with Crippen LogP contribution in [0.5, 0.6) is 0 Å². The molecule has 0 saturated carbocycles. The Balaban J connectivity index is 1.77.